The van der Waals surface area contributed by atoms with Gasteiger partial charge in [0, 0.05) is 5.56 Å². The van der Waals surface area contributed by atoms with E-state index in [9.17, 15) is 35.6 Å². The minimum absolute atomic E-state index is 0.0604. The van der Waals surface area contributed by atoms with Crippen LogP contribution in [0, 0.1) is 5.82 Å². The van der Waals surface area contributed by atoms with E-state index < -0.39 is 56.1 Å². The maximum Gasteiger partial charge on any atom is 0.418 e. The molecule has 0 saturated heterocycles. The topological polar surface area (TPSA) is 113 Å². The second-order valence-corrected chi connectivity index (χ2v) is 7.53. The molecule has 0 fully saturated rings. The van der Waals surface area contributed by atoms with E-state index in [1.54, 1.807) is 4.72 Å². The minimum Gasteiger partial charge on any atom is -0.480 e. The molecule has 0 aliphatic rings. The number of hydrogen-bond donors (Lipinski definition) is 3. The molecular formula is C17H14F4N2O5S. The number of rotatable bonds is 6. The van der Waals surface area contributed by atoms with Crippen molar-refractivity contribution in [2.75, 3.05) is 4.72 Å². The Morgan fingerprint density at radius 2 is 1.66 bits per heavy atom. The van der Waals surface area contributed by atoms with Gasteiger partial charge in [-0.2, -0.15) is 13.2 Å². The van der Waals surface area contributed by atoms with E-state index in [1.165, 1.54) is 6.92 Å². The van der Waals surface area contributed by atoms with Crippen LogP contribution >= 0.6 is 0 Å². The van der Waals surface area contributed by atoms with Gasteiger partial charge in [0.15, 0.2) is 0 Å². The molecule has 156 valence electrons. The van der Waals surface area contributed by atoms with Gasteiger partial charge in [-0.25, -0.2) is 12.8 Å². The molecule has 0 aromatic heterocycles. The normalized spacial score (nSPS) is 12.9. The van der Waals surface area contributed by atoms with E-state index in [1.807, 2.05) is 0 Å². The molecule has 3 N–H and O–H groups in total. The second-order valence-electron chi connectivity index (χ2n) is 5.85. The number of benzene rings is 2. The number of hydrogen-bond acceptors (Lipinski definition) is 4. The molecule has 7 nitrogen and oxygen atoms in total. The van der Waals surface area contributed by atoms with Crippen LogP contribution in [0.3, 0.4) is 0 Å². The summed E-state index contributed by atoms with van der Waals surface area (Å²) in [6, 6.07) is 4.33. The van der Waals surface area contributed by atoms with E-state index in [-0.39, 0.29) is 11.6 Å². The Labute approximate surface area is 162 Å². The van der Waals surface area contributed by atoms with Crippen LogP contribution in [0.1, 0.15) is 22.8 Å². The molecule has 2 aromatic carbocycles. The van der Waals surface area contributed by atoms with Crippen LogP contribution in [0.2, 0.25) is 0 Å². The van der Waals surface area contributed by atoms with Crippen LogP contribution < -0.4 is 10.0 Å². The summed E-state index contributed by atoms with van der Waals surface area (Å²) in [4.78, 5) is 22.2. The summed E-state index contributed by atoms with van der Waals surface area (Å²) in [6.07, 6.45) is -5.00. The average molecular weight is 434 g/mol. The summed E-state index contributed by atoms with van der Waals surface area (Å²) in [5.41, 5.74) is -2.43. The van der Waals surface area contributed by atoms with Gasteiger partial charge >= 0.3 is 12.1 Å². The van der Waals surface area contributed by atoms with Crippen LogP contribution in [0.25, 0.3) is 0 Å². The second kappa shape index (κ2) is 8.07. The van der Waals surface area contributed by atoms with Gasteiger partial charge in [0.25, 0.3) is 15.9 Å². The molecule has 0 aliphatic carbocycles. The van der Waals surface area contributed by atoms with Gasteiger partial charge in [0.1, 0.15) is 11.9 Å². The first-order valence-corrected chi connectivity index (χ1v) is 9.33. The predicted molar refractivity (Wildman–Crippen MR) is 93.2 cm³/mol. The first kappa shape index (κ1) is 22.1. The van der Waals surface area contributed by atoms with Crippen molar-refractivity contribution in [2.24, 2.45) is 0 Å². The summed E-state index contributed by atoms with van der Waals surface area (Å²) in [5.74, 6) is -3.25. The highest BCUT2D eigenvalue weighted by Gasteiger charge is 2.35. The Bertz CT molecular complexity index is 1040. The molecule has 1 amide bonds. The van der Waals surface area contributed by atoms with Gasteiger partial charge < -0.3 is 10.4 Å². The maximum absolute atomic E-state index is 13.1. The third kappa shape index (κ3) is 5.44. The summed E-state index contributed by atoms with van der Waals surface area (Å²) in [6.45, 7) is 1.23. The van der Waals surface area contributed by atoms with E-state index in [2.05, 4.69) is 5.32 Å². The van der Waals surface area contributed by atoms with Gasteiger partial charge in [-0.3, -0.25) is 14.3 Å². The summed E-state index contributed by atoms with van der Waals surface area (Å²) < 4.78 is 78.7. The Balaban J connectivity index is 2.27. The smallest absolute Gasteiger partial charge is 0.418 e. The molecular weight excluding hydrogens is 420 g/mol. The Morgan fingerprint density at radius 3 is 2.17 bits per heavy atom. The van der Waals surface area contributed by atoms with E-state index in [0.717, 1.165) is 24.3 Å². The molecule has 2 aromatic rings. The number of nitrogens with one attached hydrogen (secondary N) is 2. The molecule has 12 heteroatoms. The molecule has 0 spiro atoms. The molecule has 1 unspecified atom stereocenters. The van der Waals surface area contributed by atoms with Crippen molar-refractivity contribution in [3.05, 3.63) is 59.4 Å². The fourth-order valence-electron chi connectivity index (χ4n) is 2.17. The monoisotopic (exact) mass is 434 g/mol. The number of alkyl halides is 3. The maximum atomic E-state index is 13.1. The van der Waals surface area contributed by atoms with Crippen molar-refractivity contribution >= 4 is 27.6 Å². The van der Waals surface area contributed by atoms with E-state index >= 15 is 0 Å². The summed E-state index contributed by atoms with van der Waals surface area (Å²) in [5, 5.41) is 10.9. The summed E-state index contributed by atoms with van der Waals surface area (Å²) in [7, 11) is -4.49. The number of halogens is 4. The Kier molecular flexibility index (Phi) is 6.16. The lowest BCUT2D eigenvalue weighted by Gasteiger charge is -2.15. The number of carbonyl (C=O) groups excluding carboxylic acids is 1. The van der Waals surface area contributed by atoms with Gasteiger partial charge in [-0.05, 0) is 49.4 Å². The number of amides is 1. The van der Waals surface area contributed by atoms with Crippen molar-refractivity contribution in [3.63, 3.8) is 0 Å². The highest BCUT2D eigenvalue weighted by atomic mass is 32.2. The number of aliphatic carboxylic acids is 1. The molecule has 29 heavy (non-hydrogen) atoms. The predicted octanol–water partition coefficient (Wildman–Crippen LogP) is 2.85. The number of carboxylic acids is 1. The van der Waals surface area contributed by atoms with Crippen molar-refractivity contribution < 1.29 is 40.7 Å². The third-order valence-electron chi connectivity index (χ3n) is 3.68. The van der Waals surface area contributed by atoms with Crippen molar-refractivity contribution in [1.82, 2.24) is 5.32 Å². The first-order chi connectivity index (χ1) is 13.3. The number of anilines is 1. The van der Waals surface area contributed by atoms with Crippen LogP contribution in [0.5, 0.6) is 0 Å². The van der Waals surface area contributed by atoms with Crippen molar-refractivity contribution in [1.29, 1.82) is 0 Å². The third-order valence-corrected chi connectivity index (χ3v) is 5.06. The van der Waals surface area contributed by atoms with Gasteiger partial charge in [-0.1, -0.05) is 0 Å². The van der Waals surface area contributed by atoms with Gasteiger partial charge in [0.05, 0.1) is 16.1 Å². The van der Waals surface area contributed by atoms with Crippen molar-refractivity contribution in [2.45, 2.75) is 24.0 Å². The van der Waals surface area contributed by atoms with Crippen LogP contribution in [0.4, 0.5) is 23.2 Å². The summed E-state index contributed by atoms with van der Waals surface area (Å²) >= 11 is 0. The Hall–Kier alpha value is -3.15. The van der Waals surface area contributed by atoms with Crippen LogP contribution in [-0.2, 0) is 21.0 Å². The van der Waals surface area contributed by atoms with Crippen molar-refractivity contribution in [3.8, 4) is 0 Å². The number of sulfonamides is 1. The van der Waals surface area contributed by atoms with Crippen LogP contribution in [-0.4, -0.2) is 31.4 Å². The largest absolute Gasteiger partial charge is 0.480 e. The van der Waals surface area contributed by atoms with Gasteiger partial charge in [0.2, 0.25) is 0 Å². The Morgan fingerprint density at radius 1 is 1.07 bits per heavy atom. The standard InChI is InChI=1S/C17H14F4N2O5S/c1-9(16(25)26)22-15(24)10-2-5-12(6-3-10)29(27,28)23-14-7-4-11(18)8-13(14)17(19,20)21/h2-9,23H,1H3,(H,22,24)(H,25,26). The zero-order valence-electron chi connectivity index (χ0n) is 14.6. The minimum atomic E-state index is -5.00. The molecule has 0 aliphatic heterocycles. The van der Waals surface area contributed by atoms with Gasteiger partial charge in [-0.15, -0.1) is 0 Å². The van der Waals surface area contributed by atoms with E-state index in [4.69, 9.17) is 5.11 Å². The molecule has 0 radical (unpaired) electrons. The number of carbonyl (C=O) groups is 2. The average Bonchev–Trinajstić information content (AvgIpc) is 2.62. The lowest BCUT2D eigenvalue weighted by Crippen LogP contribution is -2.38. The fourth-order valence-corrected chi connectivity index (χ4v) is 3.25. The van der Waals surface area contributed by atoms with E-state index in [0.29, 0.717) is 12.1 Å². The van der Waals surface area contributed by atoms with Crippen LogP contribution in [0.15, 0.2) is 47.4 Å². The quantitative estimate of drug-likeness (QED) is 0.606. The molecule has 0 heterocycles. The zero-order valence-corrected chi connectivity index (χ0v) is 15.4. The highest BCUT2D eigenvalue weighted by molar-refractivity contribution is 7.92. The zero-order chi connectivity index (χ0) is 22.0. The lowest BCUT2D eigenvalue weighted by atomic mass is 10.2. The number of carboxylic acid groups (broad SMARTS) is 1. The molecule has 1 atom stereocenters. The lowest BCUT2D eigenvalue weighted by molar-refractivity contribution is -0.139. The molecule has 0 saturated carbocycles. The molecule has 0 bridgehead atoms. The first-order valence-electron chi connectivity index (χ1n) is 7.84. The SMILES string of the molecule is CC(NC(=O)c1ccc(S(=O)(=O)Nc2ccc(F)cc2C(F)(F)F)cc1)C(=O)O. The highest BCUT2D eigenvalue weighted by Crippen LogP contribution is 2.36. The fraction of sp³-hybridized carbons (Fsp3) is 0.176. The molecule has 2 rings (SSSR count).